The molecule has 1 aliphatic heterocycles. The minimum Gasteiger partial charge on any atom is -0.444 e. The Morgan fingerprint density at radius 3 is 2.21 bits per heavy atom. The number of hydrogen-bond acceptors (Lipinski definition) is 4. The van der Waals surface area contributed by atoms with Gasteiger partial charge >= 0.3 is 6.09 Å². The first-order valence-electron chi connectivity index (χ1n) is 8.50. The second-order valence-electron chi connectivity index (χ2n) is 6.73. The van der Waals surface area contributed by atoms with Crippen LogP contribution in [0.2, 0.25) is 0 Å². The number of ether oxygens (including phenoxy) is 1. The molecule has 0 unspecified atom stereocenters. The average Bonchev–Trinajstić information content (AvgIpc) is 2.49. The molecule has 8 heteroatoms. The van der Waals surface area contributed by atoms with Crippen LogP contribution in [0.5, 0.6) is 0 Å². The van der Waals surface area contributed by atoms with Gasteiger partial charge in [-0.2, -0.15) is 0 Å². The Morgan fingerprint density at radius 1 is 1.12 bits per heavy atom. The first kappa shape index (κ1) is 23.2. The molecule has 2 N–H and O–H groups in total. The van der Waals surface area contributed by atoms with Crippen LogP contribution in [0.15, 0.2) is 4.99 Å². The average molecular weight is 455 g/mol. The van der Waals surface area contributed by atoms with Crippen LogP contribution in [0.4, 0.5) is 4.79 Å². The summed E-state index contributed by atoms with van der Waals surface area (Å²) in [6.07, 6.45) is 0.868. The highest BCUT2D eigenvalue weighted by Crippen LogP contribution is 2.11. The molecule has 0 bridgehead atoms. The lowest BCUT2D eigenvalue weighted by Gasteiger charge is -2.35. The van der Waals surface area contributed by atoms with Crippen molar-refractivity contribution in [1.82, 2.24) is 20.4 Å². The molecule has 0 spiro atoms. The summed E-state index contributed by atoms with van der Waals surface area (Å²) in [6.45, 7) is 13.7. The van der Waals surface area contributed by atoms with Crippen molar-refractivity contribution >= 4 is 36.0 Å². The van der Waals surface area contributed by atoms with Crippen molar-refractivity contribution in [2.75, 3.05) is 52.9 Å². The highest BCUT2D eigenvalue weighted by molar-refractivity contribution is 14.0. The molecule has 1 fully saturated rings. The van der Waals surface area contributed by atoms with E-state index >= 15 is 0 Å². The summed E-state index contributed by atoms with van der Waals surface area (Å²) in [5.41, 5.74) is -0.431. The number of halogens is 1. The van der Waals surface area contributed by atoms with Gasteiger partial charge in [0.05, 0.1) is 0 Å². The third kappa shape index (κ3) is 9.51. The van der Waals surface area contributed by atoms with Gasteiger partial charge in [0.15, 0.2) is 5.96 Å². The van der Waals surface area contributed by atoms with E-state index in [0.717, 1.165) is 58.2 Å². The second-order valence-corrected chi connectivity index (χ2v) is 6.73. The van der Waals surface area contributed by atoms with E-state index in [9.17, 15) is 4.79 Å². The number of aliphatic imine (C=N–C) groups is 1. The van der Waals surface area contributed by atoms with Gasteiger partial charge in [-0.3, -0.25) is 9.89 Å². The molecule has 1 amide bonds. The fourth-order valence-corrected chi connectivity index (χ4v) is 2.28. The summed E-state index contributed by atoms with van der Waals surface area (Å²) in [6, 6.07) is 0. The van der Waals surface area contributed by atoms with Crippen molar-refractivity contribution < 1.29 is 9.53 Å². The van der Waals surface area contributed by atoms with E-state index in [-0.39, 0.29) is 30.1 Å². The molecule has 0 atom stereocenters. The van der Waals surface area contributed by atoms with Gasteiger partial charge in [0.1, 0.15) is 5.60 Å². The van der Waals surface area contributed by atoms with Gasteiger partial charge < -0.3 is 20.3 Å². The fraction of sp³-hybridized carbons (Fsp3) is 0.875. The number of carbonyl (C=O) groups is 1. The highest BCUT2D eigenvalue weighted by atomic mass is 127. The van der Waals surface area contributed by atoms with Gasteiger partial charge in [-0.1, -0.05) is 6.92 Å². The second kappa shape index (κ2) is 11.7. The van der Waals surface area contributed by atoms with E-state index in [0.29, 0.717) is 0 Å². The Morgan fingerprint density at radius 2 is 1.71 bits per heavy atom. The number of nitrogens with one attached hydrogen (secondary N) is 2. The van der Waals surface area contributed by atoms with E-state index in [1.807, 2.05) is 20.8 Å². The first-order chi connectivity index (χ1) is 10.9. The minimum absolute atomic E-state index is 0. The summed E-state index contributed by atoms with van der Waals surface area (Å²) in [5.74, 6) is 0.847. The lowest BCUT2D eigenvalue weighted by molar-refractivity contribution is 0.0147. The van der Waals surface area contributed by atoms with Crippen molar-refractivity contribution in [3.63, 3.8) is 0 Å². The lowest BCUT2D eigenvalue weighted by Crippen LogP contribution is -2.51. The molecule has 0 aliphatic carbocycles. The Kier molecular flexibility index (Phi) is 11.4. The SMILES string of the molecule is CCCNC(=NC)NCCN1CCN(C(=O)OC(C)(C)C)CC1.I. The van der Waals surface area contributed by atoms with Gasteiger partial charge in [0.2, 0.25) is 0 Å². The number of rotatable bonds is 5. The topological polar surface area (TPSA) is 69.2 Å². The molecule has 0 saturated carbocycles. The normalized spacial score (nSPS) is 16.4. The molecule has 0 aromatic rings. The Bertz CT molecular complexity index is 390. The Hall–Kier alpha value is -0.770. The molecule has 1 rings (SSSR count). The van der Waals surface area contributed by atoms with Crippen LogP contribution in [0.1, 0.15) is 34.1 Å². The van der Waals surface area contributed by atoms with E-state index < -0.39 is 5.60 Å². The number of piperazine rings is 1. The molecule has 7 nitrogen and oxygen atoms in total. The summed E-state index contributed by atoms with van der Waals surface area (Å²) in [5, 5.41) is 6.56. The summed E-state index contributed by atoms with van der Waals surface area (Å²) in [4.78, 5) is 20.3. The minimum atomic E-state index is -0.431. The number of guanidine groups is 1. The lowest BCUT2D eigenvalue weighted by atomic mass is 10.2. The van der Waals surface area contributed by atoms with E-state index in [4.69, 9.17) is 4.74 Å². The van der Waals surface area contributed by atoms with Gasteiger partial charge in [-0.15, -0.1) is 24.0 Å². The molecular weight excluding hydrogens is 421 g/mol. The summed E-state index contributed by atoms with van der Waals surface area (Å²) >= 11 is 0. The molecule has 1 heterocycles. The number of amides is 1. The molecule has 0 aromatic heterocycles. The molecular formula is C16H34IN5O2. The number of nitrogens with zero attached hydrogens (tertiary/aromatic N) is 3. The molecule has 0 radical (unpaired) electrons. The van der Waals surface area contributed by atoms with Crippen molar-refractivity contribution in [2.24, 2.45) is 4.99 Å². The van der Waals surface area contributed by atoms with Gasteiger partial charge in [-0.05, 0) is 27.2 Å². The summed E-state index contributed by atoms with van der Waals surface area (Å²) in [7, 11) is 1.78. The Balaban J connectivity index is 0.00000529. The van der Waals surface area contributed by atoms with Crippen LogP contribution in [0, 0.1) is 0 Å². The standard InChI is InChI=1S/C16H33N5O2.HI/c1-6-7-18-14(17-5)19-8-9-20-10-12-21(13-11-20)15(22)23-16(2,3)4;/h6-13H2,1-5H3,(H2,17,18,19);1H. The van der Waals surface area contributed by atoms with Gasteiger partial charge in [0.25, 0.3) is 0 Å². The Labute approximate surface area is 163 Å². The molecule has 24 heavy (non-hydrogen) atoms. The zero-order valence-corrected chi connectivity index (χ0v) is 18.1. The smallest absolute Gasteiger partial charge is 0.410 e. The van der Waals surface area contributed by atoms with Crippen molar-refractivity contribution in [2.45, 2.75) is 39.7 Å². The van der Waals surface area contributed by atoms with Crippen LogP contribution >= 0.6 is 24.0 Å². The maximum atomic E-state index is 12.0. The van der Waals surface area contributed by atoms with Crippen molar-refractivity contribution in [3.8, 4) is 0 Å². The van der Waals surface area contributed by atoms with Crippen LogP contribution < -0.4 is 10.6 Å². The maximum absolute atomic E-state index is 12.0. The number of hydrogen-bond donors (Lipinski definition) is 2. The highest BCUT2D eigenvalue weighted by Gasteiger charge is 2.25. The zero-order valence-electron chi connectivity index (χ0n) is 15.7. The van der Waals surface area contributed by atoms with Crippen molar-refractivity contribution in [1.29, 1.82) is 0 Å². The predicted molar refractivity (Wildman–Crippen MR) is 109 cm³/mol. The third-order valence-electron chi connectivity index (χ3n) is 3.51. The van der Waals surface area contributed by atoms with E-state index in [1.165, 1.54) is 0 Å². The molecule has 1 saturated heterocycles. The van der Waals surface area contributed by atoms with Crippen LogP contribution in [-0.4, -0.2) is 80.3 Å². The maximum Gasteiger partial charge on any atom is 0.410 e. The van der Waals surface area contributed by atoms with Crippen LogP contribution in [0.3, 0.4) is 0 Å². The van der Waals surface area contributed by atoms with Crippen LogP contribution in [-0.2, 0) is 4.74 Å². The number of carbonyl (C=O) groups excluding carboxylic acids is 1. The fourth-order valence-electron chi connectivity index (χ4n) is 2.28. The third-order valence-corrected chi connectivity index (χ3v) is 3.51. The monoisotopic (exact) mass is 455 g/mol. The predicted octanol–water partition coefficient (Wildman–Crippen LogP) is 1.73. The zero-order chi connectivity index (χ0) is 17.3. The van der Waals surface area contributed by atoms with Crippen LogP contribution in [0.25, 0.3) is 0 Å². The molecule has 1 aliphatic rings. The van der Waals surface area contributed by atoms with Crippen molar-refractivity contribution in [3.05, 3.63) is 0 Å². The quantitative estimate of drug-likeness (QED) is 0.376. The summed E-state index contributed by atoms with van der Waals surface area (Å²) < 4.78 is 5.41. The molecule has 142 valence electrons. The largest absolute Gasteiger partial charge is 0.444 e. The van der Waals surface area contributed by atoms with E-state index in [1.54, 1.807) is 11.9 Å². The van der Waals surface area contributed by atoms with Gasteiger partial charge in [-0.25, -0.2) is 4.79 Å². The van der Waals surface area contributed by atoms with Gasteiger partial charge in [0, 0.05) is 52.9 Å². The first-order valence-corrected chi connectivity index (χ1v) is 8.50. The van der Waals surface area contributed by atoms with E-state index in [2.05, 4.69) is 27.4 Å². The molecule has 0 aromatic carbocycles.